The first-order valence-corrected chi connectivity index (χ1v) is 5.35. The van der Waals surface area contributed by atoms with Crippen LogP contribution in [0.4, 0.5) is 5.69 Å². The molecule has 2 N–H and O–H groups in total. The number of hydrogen-bond acceptors (Lipinski definition) is 3. The van der Waals surface area contributed by atoms with E-state index in [1.54, 1.807) is 18.5 Å². The van der Waals surface area contributed by atoms with Crippen molar-refractivity contribution in [3.05, 3.63) is 36.7 Å². The molecule has 1 heterocycles. The molecule has 0 aliphatic rings. The van der Waals surface area contributed by atoms with Gasteiger partial charge in [-0.25, -0.2) is 0 Å². The minimum Gasteiger partial charge on any atom is -0.381 e. The summed E-state index contributed by atoms with van der Waals surface area (Å²) < 4.78 is 0. The van der Waals surface area contributed by atoms with Crippen molar-refractivity contribution in [1.29, 1.82) is 0 Å². The maximum absolute atomic E-state index is 11.7. The molecule has 4 nitrogen and oxygen atoms in total. The molecule has 0 spiro atoms. The summed E-state index contributed by atoms with van der Waals surface area (Å²) in [4.78, 5) is 15.7. The van der Waals surface area contributed by atoms with Crippen LogP contribution in [-0.4, -0.2) is 21.6 Å². The maximum atomic E-state index is 11.7. The van der Waals surface area contributed by atoms with Crippen molar-refractivity contribution in [3.63, 3.8) is 0 Å². The van der Waals surface area contributed by atoms with Crippen molar-refractivity contribution in [2.24, 2.45) is 0 Å². The first kappa shape index (κ1) is 11.5. The average molecular weight is 230 g/mol. The van der Waals surface area contributed by atoms with Gasteiger partial charge in [0.1, 0.15) is 5.60 Å². The molecule has 0 radical (unpaired) electrons. The van der Waals surface area contributed by atoms with E-state index < -0.39 is 11.5 Å². The van der Waals surface area contributed by atoms with Crippen LogP contribution >= 0.6 is 0 Å². The molecule has 0 aliphatic heterocycles. The standard InChI is InChI=1S/C13H14N2O2/c1-13(2,17)12(16)15-11-5-3-4-9-8-14-7-6-10(9)11/h3-8,17H,1-2H3,(H,15,16). The largest absolute Gasteiger partial charge is 0.381 e. The van der Waals surface area contributed by atoms with Gasteiger partial charge in [0.25, 0.3) is 5.91 Å². The highest BCUT2D eigenvalue weighted by molar-refractivity contribution is 6.04. The average Bonchev–Trinajstić information content (AvgIpc) is 2.28. The lowest BCUT2D eigenvalue weighted by Gasteiger charge is -2.17. The Kier molecular flexibility index (Phi) is 2.81. The number of benzene rings is 1. The van der Waals surface area contributed by atoms with Gasteiger partial charge in [-0.2, -0.15) is 0 Å². The van der Waals surface area contributed by atoms with E-state index in [9.17, 15) is 9.90 Å². The summed E-state index contributed by atoms with van der Waals surface area (Å²) in [6.07, 6.45) is 3.40. The van der Waals surface area contributed by atoms with Crippen LogP contribution in [0.15, 0.2) is 36.7 Å². The molecule has 1 amide bonds. The summed E-state index contributed by atoms with van der Waals surface area (Å²) in [6.45, 7) is 2.91. The first-order valence-electron chi connectivity index (χ1n) is 5.35. The summed E-state index contributed by atoms with van der Waals surface area (Å²) in [5.74, 6) is -0.429. The van der Waals surface area contributed by atoms with Crippen LogP contribution in [0, 0.1) is 0 Å². The maximum Gasteiger partial charge on any atom is 0.255 e. The second kappa shape index (κ2) is 4.14. The van der Waals surface area contributed by atoms with Crippen molar-refractivity contribution in [1.82, 2.24) is 4.98 Å². The van der Waals surface area contributed by atoms with E-state index in [0.29, 0.717) is 5.69 Å². The number of anilines is 1. The summed E-state index contributed by atoms with van der Waals surface area (Å²) in [7, 11) is 0. The third-order valence-corrected chi connectivity index (χ3v) is 2.48. The molecule has 0 saturated carbocycles. The van der Waals surface area contributed by atoms with Gasteiger partial charge in [-0.05, 0) is 26.0 Å². The number of aliphatic hydroxyl groups is 1. The highest BCUT2D eigenvalue weighted by atomic mass is 16.3. The molecule has 0 atom stereocenters. The van der Waals surface area contributed by atoms with Gasteiger partial charge in [-0.15, -0.1) is 0 Å². The smallest absolute Gasteiger partial charge is 0.255 e. The monoisotopic (exact) mass is 230 g/mol. The molecule has 2 aromatic rings. The van der Waals surface area contributed by atoms with Gasteiger partial charge >= 0.3 is 0 Å². The molecule has 0 aliphatic carbocycles. The topological polar surface area (TPSA) is 62.2 Å². The van der Waals surface area contributed by atoms with Gasteiger partial charge in [0.2, 0.25) is 0 Å². The Morgan fingerprint density at radius 1 is 1.35 bits per heavy atom. The lowest BCUT2D eigenvalue weighted by atomic mass is 10.1. The van der Waals surface area contributed by atoms with Gasteiger partial charge in [0, 0.05) is 28.9 Å². The summed E-state index contributed by atoms with van der Waals surface area (Å²) in [6, 6.07) is 7.38. The predicted octanol–water partition coefficient (Wildman–Crippen LogP) is 1.94. The minimum absolute atomic E-state index is 0.429. The fourth-order valence-electron chi connectivity index (χ4n) is 1.51. The quantitative estimate of drug-likeness (QED) is 0.828. The normalized spacial score (nSPS) is 11.5. The van der Waals surface area contributed by atoms with Crippen LogP contribution in [0.1, 0.15) is 13.8 Å². The Morgan fingerprint density at radius 3 is 2.82 bits per heavy atom. The van der Waals surface area contributed by atoms with Crippen LogP contribution in [0.25, 0.3) is 10.8 Å². The molecule has 1 aromatic carbocycles. The minimum atomic E-state index is -1.39. The zero-order chi connectivity index (χ0) is 12.5. The van der Waals surface area contributed by atoms with E-state index in [4.69, 9.17) is 0 Å². The Balaban J connectivity index is 2.40. The SMILES string of the molecule is CC(C)(O)C(=O)Nc1cccc2cnccc12. The van der Waals surface area contributed by atoms with E-state index in [2.05, 4.69) is 10.3 Å². The molecule has 0 unspecified atom stereocenters. The van der Waals surface area contributed by atoms with Crippen molar-refractivity contribution in [2.45, 2.75) is 19.4 Å². The Labute approximate surface area is 99.3 Å². The molecule has 88 valence electrons. The molecule has 0 saturated heterocycles. The third-order valence-electron chi connectivity index (χ3n) is 2.48. The molecule has 4 heteroatoms. The van der Waals surface area contributed by atoms with Crippen LogP contribution in [-0.2, 0) is 4.79 Å². The fourth-order valence-corrected chi connectivity index (χ4v) is 1.51. The predicted molar refractivity (Wildman–Crippen MR) is 66.7 cm³/mol. The van der Waals surface area contributed by atoms with Crippen molar-refractivity contribution in [3.8, 4) is 0 Å². The van der Waals surface area contributed by atoms with E-state index in [1.807, 2.05) is 18.2 Å². The van der Waals surface area contributed by atoms with Crippen molar-refractivity contribution < 1.29 is 9.90 Å². The molecule has 0 fully saturated rings. The Morgan fingerprint density at radius 2 is 2.12 bits per heavy atom. The third kappa shape index (κ3) is 2.42. The molecule has 2 rings (SSSR count). The number of amides is 1. The number of hydrogen-bond donors (Lipinski definition) is 2. The number of pyridine rings is 1. The van der Waals surface area contributed by atoms with Gasteiger partial charge in [-0.3, -0.25) is 9.78 Å². The van der Waals surface area contributed by atoms with Crippen LogP contribution in [0.3, 0.4) is 0 Å². The number of rotatable bonds is 2. The summed E-state index contributed by atoms with van der Waals surface area (Å²) in [5, 5.41) is 14.2. The van der Waals surface area contributed by atoms with Crippen molar-refractivity contribution >= 4 is 22.4 Å². The molecular weight excluding hydrogens is 216 g/mol. The number of fused-ring (bicyclic) bond motifs is 1. The second-order valence-electron chi connectivity index (χ2n) is 4.42. The van der Waals surface area contributed by atoms with Crippen molar-refractivity contribution in [2.75, 3.05) is 5.32 Å². The van der Waals surface area contributed by atoms with E-state index in [-0.39, 0.29) is 0 Å². The van der Waals surface area contributed by atoms with Crippen LogP contribution in [0.5, 0.6) is 0 Å². The molecule has 0 bridgehead atoms. The van der Waals surface area contributed by atoms with Gasteiger partial charge in [0.05, 0.1) is 0 Å². The highest BCUT2D eigenvalue weighted by Crippen LogP contribution is 2.22. The number of carbonyl (C=O) groups is 1. The Bertz CT molecular complexity index is 553. The van der Waals surface area contributed by atoms with Gasteiger partial charge in [-0.1, -0.05) is 12.1 Å². The molecule has 1 aromatic heterocycles. The van der Waals surface area contributed by atoms with E-state index in [1.165, 1.54) is 13.8 Å². The zero-order valence-electron chi connectivity index (χ0n) is 9.77. The number of carbonyl (C=O) groups excluding carboxylic acids is 1. The first-order chi connectivity index (χ1) is 7.98. The lowest BCUT2D eigenvalue weighted by Crippen LogP contribution is -2.36. The number of aromatic nitrogens is 1. The molecule has 17 heavy (non-hydrogen) atoms. The fraction of sp³-hybridized carbons (Fsp3) is 0.231. The van der Waals surface area contributed by atoms with E-state index >= 15 is 0 Å². The summed E-state index contributed by atoms with van der Waals surface area (Å²) >= 11 is 0. The Hall–Kier alpha value is -1.94. The number of nitrogens with one attached hydrogen (secondary N) is 1. The van der Waals surface area contributed by atoms with Gasteiger partial charge in [0.15, 0.2) is 0 Å². The second-order valence-corrected chi connectivity index (χ2v) is 4.42. The highest BCUT2D eigenvalue weighted by Gasteiger charge is 2.23. The number of nitrogens with zero attached hydrogens (tertiary/aromatic N) is 1. The van der Waals surface area contributed by atoms with E-state index in [0.717, 1.165) is 10.8 Å². The molecular formula is C13H14N2O2. The van der Waals surface area contributed by atoms with Gasteiger partial charge < -0.3 is 10.4 Å². The van der Waals surface area contributed by atoms with Crippen LogP contribution < -0.4 is 5.32 Å². The summed E-state index contributed by atoms with van der Waals surface area (Å²) in [5.41, 5.74) is -0.716. The van der Waals surface area contributed by atoms with Crippen LogP contribution in [0.2, 0.25) is 0 Å². The lowest BCUT2D eigenvalue weighted by molar-refractivity contribution is -0.130. The zero-order valence-corrected chi connectivity index (χ0v) is 9.77.